The molecule has 0 unspecified atom stereocenters. The maximum absolute atomic E-state index is 13.8. The van der Waals surface area contributed by atoms with Crippen molar-refractivity contribution in [2.45, 2.75) is 70.4 Å². The molecular weight excluding hydrogens is 422 g/mol. The summed E-state index contributed by atoms with van der Waals surface area (Å²) in [5, 5.41) is 0. The Kier molecular flexibility index (Phi) is 6.99. The molecule has 7 heteroatoms. The first-order chi connectivity index (χ1) is 15.2. The van der Waals surface area contributed by atoms with Gasteiger partial charge in [-0.15, -0.1) is 0 Å². The van der Waals surface area contributed by atoms with Crippen LogP contribution in [0.4, 0.5) is 0 Å². The number of likely N-dealkylation sites (tertiary alicyclic amines) is 1. The fraction of sp³-hybridized carbons (Fsp3) is 0.720. The third-order valence-corrected chi connectivity index (χ3v) is 8.92. The van der Waals surface area contributed by atoms with Gasteiger partial charge < -0.3 is 9.80 Å². The maximum atomic E-state index is 13.8. The van der Waals surface area contributed by atoms with E-state index in [0.717, 1.165) is 44.0 Å². The standard InChI is InChI=1S/C25H39N3O3S/c1-19(2)20-8-10-22(11-9-20)27-15-12-25(13-16-27)23-7-5-4-6-21(23)18-28(24(25)29)17-14-26-32(3,30)31/h4-7,19-20,22,26H,8-18H2,1-3H3/t20-,22+. The van der Waals surface area contributed by atoms with Gasteiger partial charge in [0.15, 0.2) is 0 Å². The largest absolute Gasteiger partial charge is 0.336 e. The number of piperidine rings is 1. The average molecular weight is 462 g/mol. The number of hydrogen-bond donors (Lipinski definition) is 1. The minimum Gasteiger partial charge on any atom is -0.336 e. The SMILES string of the molecule is CC(C)[C@H]1CC[C@@H](N2CCC3(CC2)C(=O)N(CCNS(C)(=O)=O)Cc2ccccc23)CC1. The van der Waals surface area contributed by atoms with Gasteiger partial charge in [-0.2, -0.15) is 0 Å². The molecule has 0 atom stereocenters. The number of amides is 1. The summed E-state index contributed by atoms with van der Waals surface area (Å²) in [5.74, 6) is 1.82. The second-order valence-corrected chi connectivity index (χ2v) is 12.3. The van der Waals surface area contributed by atoms with E-state index in [2.05, 4.69) is 35.6 Å². The van der Waals surface area contributed by atoms with Gasteiger partial charge in [-0.25, -0.2) is 13.1 Å². The topological polar surface area (TPSA) is 69.7 Å². The molecule has 1 N–H and O–H groups in total. The van der Waals surface area contributed by atoms with Crippen molar-refractivity contribution < 1.29 is 13.2 Å². The van der Waals surface area contributed by atoms with E-state index >= 15 is 0 Å². The fourth-order valence-corrected chi connectivity index (χ4v) is 6.72. The first-order valence-electron chi connectivity index (χ1n) is 12.3. The van der Waals surface area contributed by atoms with Gasteiger partial charge in [0.25, 0.3) is 0 Å². The summed E-state index contributed by atoms with van der Waals surface area (Å²) >= 11 is 0. The van der Waals surface area contributed by atoms with Crippen LogP contribution in [0.25, 0.3) is 0 Å². The van der Waals surface area contributed by atoms with E-state index in [-0.39, 0.29) is 12.5 Å². The van der Waals surface area contributed by atoms with Crippen LogP contribution in [-0.2, 0) is 26.8 Å². The zero-order valence-corrected chi connectivity index (χ0v) is 20.7. The van der Waals surface area contributed by atoms with Gasteiger partial charge in [0, 0.05) is 25.7 Å². The second kappa shape index (κ2) is 9.43. The van der Waals surface area contributed by atoms with Crippen LogP contribution >= 0.6 is 0 Å². The van der Waals surface area contributed by atoms with Gasteiger partial charge in [0.1, 0.15) is 0 Å². The first kappa shape index (κ1) is 23.7. The monoisotopic (exact) mass is 461 g/mol. The summed E-state index contributed by atoms with van der Waals surface area (Å²) < 4.78 is 25.5. The minimum atomic E-state index is -3.26. The highest BCUT2D eigenvalue weighted by molar-refractivity contribution is 7.88. The number of hydrogen-bond acceptors (Lipinski definition) is 4. The lowest BCUT2D eigenvalue weighted by Crippen LogP contribution is -2.58. The van der Waals surface area contributed by atoms with Crippen molar-refractivity contribution in [1.82, 2.24) is 14.5 Å². The Bertz CT molecular complexity index is 914. The van der Waals surface area contributed by atoms with Crippen LogP contribution in [0, 0.1) is 11.8 Å². The van der Waals surface area contributed by atoms with Crippen LogP contribution in [-0.4, -0.2) is 62.6 Å². The minimum absolute atomic E-state index is 0.176. The molecule has 1 spiro atoms. The number of nitrogens with zero attached hydrogens (tertiary/aromatic N) is 2. The average Bonchev–Trinajstić information content (AvgIpc) is 2.77. The van der Waals surface area contributed by atoms with E-state index in [1.807, 2.05) is 17.0 Å². The van der Waals surface area contributed by atoms with Gasteiger partial charge >= 0.3 is 0 Å². The van der Waals surface area contributed by atoms with Gasteiger partial charge in [-0.1, -0.05) is 38.1 Å². The molecule has 6 nitrogen and oxygen atoms in total. The predicted molar refractivity (Wildman–Crippen MR) is 128 cm³/mol. The van der Waals surface area contributed by atoms with E-state index in [0.29, 0.717) is 19.1 Å². The predicted octanol–water partition coefficient (Wildman–Crippen LogP) is 3.13. The molecule has 1 amide bonds. The first-order valence-corrected chi connectivity index (χ1v) is 14.2. The van der Waals surface area contributed by atoms with Gasteiger partial charge in [-0.3, -0.25) is 4.79 Å². The Labute approximate surface area is 193 Å². The van der Waals surface area contributed by atoms with Crippen molar-refractivity contribution >= 4 is 15.9 Å². The quantitative estimate of drug-likeness (QED) is 0.707. The van der Waals surface area contributed by atoms with Gasteiger partial charge in [0.05, 0.1) is 11.7 Å². The summed E-state index contributed by atoms with van der Waals surface area (Å²) in [5.41, 5.74) is 1.93. The van der Waals surface area contributed by atoms with Crippen LogP contribution in [0.3, 0.4) is 0 Å². The Morgan fingerprint density at radius 2 is 1.75 bits per heavy atom. The Morgan fingerprint density at radius 1 is 1.09 bits per heavy atom. The Hall–Kier alpha value is -1.44. The van der Waals surface area contributed by atoms with Gasteiger partial charge in [-0.05, 0) is 74.6 Å². The lowest BCUT2D eigenvalue weighted by atomic mass is 9.67. The third kappa shape index (κ3) is 4.90. The summed E-state index contributed by atoms with van der Waals surface area (Å²) in [6, 6.07) is 9.01. The molecule has 0 radical (unpaired) electrons. The highest BCUT2D eigenvalue weighted by Gasteiger charge is 2.49. The lowest BCUT2D eigenvalue weighted by Gasteiger charge is -2.49. The van der Waals surface area contributed by atoms with Crippen molar-refractivity contribution in [1.29, 1.82) is 0 Å². The van der Waals surface area contributed by atoms with Crippen LogP contribution in [0.5, 0.6) is 0 Å². The summed E-state index contributed by atoms with van der Waals surface area (Å²) in [6.07, 6.45) is 8.07. The van der Waals surface area contributed by atoms with Crippen molar-refractivity contribution in [3.8, 4) is 0 Å². The Balaban J connectivity index is 1.46. The van der Waals surface area contributed by atoms with Crippen LogP contribution in [0.2, 0.25) is 0 Å². The molecule has 1 aromatic rings. The summed E-state index contributed by atoms with van der Waals surface area (Å²) in [4.78, 5) is 18.3. The van der Waals surface area contributed by atoms with Crippen LogP contribution in [0.15, 0.2) is 24.3 Å². The number of carbonyl (C=O) groups is 1. The number of carbonyl (C=O) groups excluding carboxylic acids is 1. The zero-order valence-electron chi connectivity index (χ0n) is 19.8. The van der Waals surface area contributed by atoms with Crippen molar-refractivity contribution in [2.75, 3.05) is 32.4 Å². The van der Waals surface area contributed by atoms with E-state index in [1.165, 1.54) is 36.8 Å². The molecule has 3 aliphatic rings. The lowest BCUT2D eigenvalue weighted by molar-refractivity contribution is -0.142. The van der Waals surface area contributed by atoms with Crippen LogP contribution < -0.4 is 4.72 Å². The van der Waals surface area contributed by atoms with Crippen LogP contribution in [0.1, 0.15) is 63.5 Å². The van der Waals surface area contributed by atoms with E-state index < -0.39 is 15.4 Å². The van der Waals surface area contributed by atoms with Crippen molar-refractivity contribution in [3.63, 3.8) is 0 Å². The molecule has 2 heterocycles. The molecular formula is C25H39N3O3S. The summed E-state index contributed by atoms with van der Waals surface area (Å²) in [7, 11) is -3.26. The smallest absolute Gasteiger partial charge is 0.233 e. The van der Waals surface area contributed by atoms with Gasteiger partial charge in [0.2, 0.25) is 15.9 Å². The van der Waals surface area contributed by atoms with E-state index in [4.69, 9.17) is 0 Å². The number of sulfonamides is 1. The molecule has 4 rings (SSSR count). The maximum Gasteiger partial charge on any atom is 0.233 e. The normalized spacial score (nSPS) is 26.5. The molecule has 1 aromatic carbocycles. The number of nitrogens with one attached hydrogen (secondary N) is 1. The molecule has 1 saturated heterocycles. The van der Waals surface area contributed by atoms with Crippen molar-refractivity contribution in [3.05, 3.63) is 35.4 Å². The fourth-order valence-electron chi connectivity index (χ4n) is 6.25. The Morgan fingerprint density at radius 3 is 2.38 bits per heavy atom. The number of benzene rings is 1. The molecule has 1 saturated carbocycles. The van der Waals surface area contributed by atoms with E-state index in [1.54, 1.807) is 0 Å². The van der Waals surface area contributed by atoms with Crippen molar-refractivity contribution in [2.24, 2.45) is 11.8 Å². The molecule has 2 fully saturated rings. The molecule has 178 valence electrons. The number of fused-ring (bicyclic) bond motifs is 2. The summed E-state index contributed by atoms with van der Waals surface area (Å²) in [6.45, 7) is 7.85. The van der Waals surface area contributed by atoms with E-state index in [9.17, 15) is 13.2 Å². The molecule has 1 aliphatic carbocycles. The number of rotatable bonds is 6. The third-order valence-electron chi connectivity index (χ3n) is 8.19. The molecule has 0 bridgehead atoms. The highest BCUT2D eigenvalue weighted by atomic mass is 32.2. The second-order valence-electron chi connectivity index (χ2n) is 10.5. The highest BCUT2D eigenvalue weighted by Crippen LogP contribution is 2.44. The molecule has 2 aliphatic heterocycles. The molecule has 0 aromatic heterocycles. The molecule has 32 heavy (non-hydrogen) atoms. The zero-order chi connectivity index (χ0) is 22.9.